The Kier molecular flexibility index (Phi) is 16.7. The lowest BCUT2D eigenvalue weighted by atomic mass is 9.96. The maximum Gasteiger partial charge on any atom is 0.338 e. The summed E-state index contributed by atoms with van der Waals surface area (Å²) in [5.41, 5.74) is 5.59. The van der Waals surface area contributed by atoms with Crippen molar-refractivity contribution in [2.24, 2.45) is 0 Å². The first-order chi connectivity index (χ1) is 28.1. The summed E-state index contributed by atoms with van der Waals surface area (Å²) in [5, 5.41) is 11.4. The molecule has 0 spiro atoms. The van der Waals surface area contributed by atoms with E-state index in [1.807, 2.05) is 24.3 Å². The summed E-state index contributed by atoms with van der Waals surface area (Å²) in [4.78, 5) is 52.0. The van der Waals surface area contributed by atoms with Gasteiger partial charge in [-0.15, -0.1) is 23.2 Å². The Bertz CT molecular complexity index is 2420. The van der Waals surface area contributed by atoms with Crippen LogP contribution in [0.5, 0.6) is 0 Å². The smallest absolute Gasteiger partial charge is 0.338 e. The molecule has 20 heteroatoms. The summed E-state index contributed by atoms with van der Waals surface area (Å²) < 4.78 is 19.8. The zero-order valence-corrected chi connectivity index (χ0v) is 37.5. The maximum atomic E-state index is 12.9. The molecule has 2 aliphatic rings. The monoisotopic (exact) mass is 998 g/mol. The molecule has 0 unspecified atom stereocenters. The fourth-order valence-electron chi connectivity index (χ4n) is 6.57. The van der Waals surface area contributed by atoms with Gasteiger partial charge in [-0.25, -0.2) is 9.00 Å². The predicted molar refractivity (Wildman–Crippen MR) is 236 cm³/mol. The van der Waals surface area contributed by atoms with Crippen LogP contribution in [0.15, 0.2) is 82.0 Å². The molecule has 0 radical (unpaired) electrons. The van der Waals surface area contributed by atoms with Gasteiger partial charge in [0.2, 0.25) is 9.23 Å². The molecule has 310 valence electrons. The number of carboxylic acids is 1. The molecule has 0 bridgehead atoms. The molecule has 4 aromatic carbocycles. The van der Waals surface area contributed by atoms with Crippen LogP contribution in [-0.4, -0.2) is 60.6 Å². The van der Waals surface area contributed by atoms with Crippen LogP contribution in [0.1, 0.15) is 63.7 Å². The number of nitrogens with zero attached hydrogens (tertiary/aromatic N) is 2. The lowest BCUT2D eigenvalue weighted by molar-refractivity contribution is 0.0691. The van der Waals surface area contributed by atoms with Gasteiger partial charge in [0.25, 0.3) is 17.1 Å². The van der Waals surface area contributed by atoms with Crippen molar-refractivity contribution in [1.82, 2.24) is 9.80 Å². The summed E-state index contributed by atoms with van der Waals surface area (Å²) in [6.07, 6.45) is 4.17. The number of hydrogen-bond donors (Lipinski definition) is 1. The molecule has 4 heterocycles. The normalized spacial score (nSPS) is 13.0. The van der Waals surface area contributed by atoms with E-state index < -0.39 is 20.4 Å². The lowest BCUT2D eigenvalue weighted by Gasteiger charge is -2.30. The SMILES string of the molecule is ClCCl.O=C(Cl)c1c(Cl)cc2c(c1Cl)CCN(C(=O)c1ccc3ccoc3c1)C2.O=C(O)c1c(Cl)cc2c(c1Cl)CCN(C(=O)c1ccc3ccoc3c1)C2.O=S(Cl)Cl. The number of rotatable bonds is 4. The highest BCUT2D eigenvalue weighted by molar-refractivity contribution is 8.26. The van der Waals surface area contributed by atoms with Crippen molar-refractivity contribution in [3.8, 4) is 0 Å². The minimum absolute atomic E-state index is 0.0764. The van der Waals surface area contributed by atoms with E-state index >= 15 is 0 Å². The van der Waals surface area contributed by atoms with Crippen molar-refractivity contribution < 1.29 is 37.3 Å². The first kappa shape index (κ1) is 46.9. The molecule has 59 heavy (non-hydrogen) atoms. The first-order valence-electron chi connectivity index (χ1n) is 16.9. The van der Waals surface area contributed by atoms with Crippen LogP contribution < -0.4 is 0 Å². The molecule has 2 aliphatic heterocycles. The largest absolute Gasteiger partial charge is 0.478 e. The topological polar surface area (TPSA) is 138 Å². The summed E-state index contributed by atoms with van der Waals surface area (Å²) in [6, 6.07) is 17.6. The Morgan fingerprint density at radius 1 is 0.661 bits per heavy atom. The van der Waals surface area contributed by atoms with Crippen molar-refractivity contribution in [1.29, 1.82) is 0 Å². The van der Waals surface area contributed by atoms with Crippen LogP contribution in [0, 0.1) is 0 Å². The minimum atomic E-state index is -1.67. The predicted octanol–water partition coefficient (Wildman–Crippen LogP) is 12.4. The second-order valence-corrected chi connectivity index (χ2v) is 17.8. The van der Waals surface area contributed by atoms with E-state index in [1.54, 1.807) is 58.7 Å². The number of hydrogen-bond acceptors (Lipinski definition) is 7. The molecule has 0 saturated heterocycles. The standard InChI is InChI=1S/C19H12Cl3NO3.C19H13Cl2NO4.CH2Cl2.Cl2OS/c20-14-7-12-9-23(5-3-13(12)17(21)16(14)18(22)24)19(25)11-2-1-10-4-6-26-15(10)8-11;20-14-7-12-9-22(5-3-13(12)17(21)16(14)19(24)25)18(23)11-2-1-10-4-6-26-15(10)8-11;2-1-3;1-4(2)3/h1-2,4,6-8H,3,5,9H2;1-2,4,6-8H,3,5,9H2,(H,24,25);1H2;. The zero-order chi connectivity index (χ0) is 43.1. The number of fused-ring (bicyclic) bond motifs is 4. The van der Waals surface area contributed by atoms with Gasteiger partial charge < -0.3 is 23.7 Å². The van der Waals surface area contributed by atoms with Crippen LogP contribution >= 0.6 is 103 Å². The molecular formula is C39H27Cl9N2O8S. The molecule has 2 aromatic heterocycles. The molecule has 0 fully saturated rings. The van der Waals surface area contributed by atoms with E-state index in [4.69, 9.17) is 94.2 Å². The summed E-state index contributed by atoms with van der Waals surface area (Å²) >= 11 is 39.9. The molecule has 1 N–H and O–H groups in total. The Morgan fingerprint density at radius 2 is 1.05 bits per heavy atom. The zero-order valence-electron chi connectivity index (χ0n) is 29.9. The van der Waals surface area contributed by atoms with Gasteiger partial charge in [0.1, 0.15) is 11.2 Å². The fourth-order valence-corrected chi connectivity index (χ4v) is 8.38. The number of aromatic carboxylic acids is 1. The number of alkyl halides is 2. The van der Waals surface area contributed by atoms with E-state index in [0.717, 1.165) is 33.0 Å². The Labute approximate surface area is 383 Å². The maximum absolute atomic E-state index is 12.9. The van der Waals surface area contributed by atoms with E-state index in [0.29, 0.717) is 61.3 Å². The van der Waals surface area contributed by atoms with Crippen LogP contribution in [0.2, 0.25) is 20.1 Å². The first-order valence-corrected chi connectivity index (χ1v) is 22.6. The van der Waals surface area contributed by atoms with Crippen molar-refractivity contribution in [3.05, 3.63) is 138 Å². The Morgan fingerprint density at radius 3 is 1.44 bits per heavy atom. The van der Waals surface area contributed by atoms with E-state index in [2.05, 4.69) is 21.4 Å². The number of carboxylic acid groups (broad SMARTS) is 1. The molecule has 8 rings (SSSR count). The molecule has 0 atom stereocenters. The third-order valence-corrected chi connectivity index (χ3v) is 10.8. The third kappa shape index (κ3) is 11.2. The molecule has 6 aromatic rings. The molecule has 0 saturated carbocycles. The average Bonchev–Trinajstić information content (AvgIpc) is 3.86. The van der Waals surface area contributed by atoms with Gasteiger partial charge >= 0.3 is 5.97 Å². The quantitative estimate of drug-likeness (QED) is 0.136. The Balaban J connectivity index is 0.000000194. The van der Waals surface area contributed by atoms with Crippen LogP contribution in [0.4, 0.5) is 0 Å². The second-order valence-electron chi connectivity index (χ2n) is 12.5. The highest BCUT2D eigenvalue weighted by atomic mass is 36.0. The third-order valence-electron chi connectivity index (χ3n) is 9.20. The highest BCUT2D eigenvalue weighted by Crippen LogP contribution is 2.37. The van der Waals surface area contributed by atoms with Gasteiger partial charge in [-0.2, -0.15) is 0 Å². The molecule has 2 amide bonds. The van der Waals surface area contributed by atoms with Crippen LogP contribution in [0.25, 0.3) is 21.9 Å². The minimum Gasteiger partial charge on any atom is -0.478 e. The number of amides is 2. The van der Waals surface area contributed by atoms with Gasteiger partial charge in [-0.1, -0.05) is 58.5 Å². The van der Waals surface area contributed by atoms with E-state index in [-0.39, 0.29) is 48.4 Å². The molecule has 10 nitrogen and oxygen atoms in total. The summed E-state index contributed by atoms with van der Waals surface area (Å²) in [6.45, 7) is 1.62. The van der Waals surface area contributed by atoms with Gasteiger partial charge in [0.15, 0.2) is 0 Å². The summed E-state index contributed by atoms with van der Waals surface area (Å²) in [7, 11) is 7.36. The van der Waals surface area contributed by atoms with Gasteiger partial charge in [-0.05, 0) is 95.2 Å². The van der Waals surface area contributed by atoms with Crippen molar-refractivity contribution in [2.45, 2.75) is 25.9 Å². The Hall–Kier alpha value is -3.20. The van der Waals surface area contributed by atoms with Crippen LogP contribution in [-0.2, 0) is 35.2 Å². The lowest BCUT2D eigenvalue weighted by Crippen LogP contribution is -2.36. The number of carbonyl (C=O) groups is 4. The molecular weight excluding hydrogens is 976 g/mol. The van der Waals surface area contributed by atoms with Gasteiger partial charge in [0, 0.05) is 69.4 Å². The number of halogens is 9. The highest BCUT2D eigenvalue weighted by Gasteiger charge is 2.29. The van der Waals surface area contributed by atoms with Gasteiger partial charge in [0.05, 0.1) is 49.1 Å². The van der Waals surface area contributed by atoms with Crippen LogP contribution in [0.3, 0.4) is 0 Å². The van der Waals surface area contributed by atoms with Gasteiger partial charge in [-0.3, -0.25) is 14.4 Å². The summed E-state index contributed by atoms with van der Waals surface area (Å²) in [5.74, 6) is -1.38. The fraction of sp³-hybridized carbons (Fsp3) is 0.179. The average molecular weight is 1000 g/mol. The van der Waals surface area contributed by atoms with Crippen molar-refractivity contribution in [2.75, 3.05) is 18.4 Å². The molecule has 0 aliphatic carbocycles. The van der Waals surface area contributed by atoms with Crippen molar-refractivity contribution in [3.63, 3.8) is 0 Å². The number of furan rings is 2. The van der Waals surface area contributed by atoms with E-state index in [9.17, 15) is 24.3 Å². The van der Waals surface area contributed by atoms with Crippen molar-refractivity contribution >= 4 is 157 Å². The van der Waals surface area contributed by atoms with E-state index in [1.165, 1.54) is 0 Å². The number of benzene rings is 4. The number of carbonyl (C=O) groups excluding carboxylic acids is 3. The second kappa shape index (κ2) is 21.1.